The summed E-state index contributed by atoms with van der Waals surface area (Å²) in [6.45, 7) is 4.54. The van der Waals surface area contributed by atoms with Crippen LogP contribution in [0, 0.1) is 0 Å². The molecular formula is C15H20ClNOS2. The van der Waals surface area contributed by atoms with Crippen molar-refractivity contribution in [2.45, 2.75) is 38.3 Å². The Morgan fingerprint density at radius 1 is 1.35 bits per heavy atom. The second-order valence-electron chi connectivity index (χ2n) is 5.22. The number of hydrogen-bond acceptors (Lipinski definition) is 4. The molecule has 2 aromatic rings. The van der Waals surface area contributed by atoms with Crippen LogP contribution < -0.4 is 5.32 Å². The summed E-state index contributed by atoms with van der Waals surface area (Å²) in [5.74, 6) is 0. The van der Waals surface area contributed by atoms with E-state index in [1.54, 1.807) is 22.7 Å². The summed E-state index contributed by atoms with van der Waals surface area (Å²) in [6.07, 6.45) is 1.77. The molecule has 2 aromatic heterocycles. The molecule has 0 radical (unpaired) electrons. The molecule has 0 saturated heterocycles. The maximum Gasteiger partial charge on any atom is 0.0931 e. The molecule has 2 heterocycles. The van der Waals surface area contributed by atoms with Crippen LogP contribution >= 0.6 is 34.3 Å². The molecule has 2 N–H and O–H groups in total. The molecule has 2 atom stereocenters. The number of rotatable bonds is 7. The van der Waals surface area contributed by atoms with Gasteiger partial charge in [-0.1, -0.05) is 31.0 Å². The fourth-order valence-electron chi connectivity index (χ4n) is 2.23. The van der Waals surface area contributed by atoms with Crippen LogP contribution in [0.5, 0.6) is 0 Å². The highest BCUT2D eigenvalue weighted by atomic mass is 35.5. The summed E-state index contributed by atoms with van der Waals surface area (Å²) in [5.41, 5.74) is -0.675. The number of nitrogens with one attached hydrogen (secondary N) is 1. The molecule has 110 valence electrons. The first-order valence-electron chi connectivity index (χ1n) is 6.76. The molecule has 2 rings (SSSR count). The van der Waals surface area contributed by atoms with Gasteiger partial charge in [-0.2, -0.15) is 0 Å². The van der Waals surface area contributed by atoms with Gasteiger partial charge in [0.25, 0.3) is 0 Å². The van der Waals surface area contributed by atoms with Crippen molar-refractivity contribution >= 4 is 34.3 Å². The Balaban J connectivity index is 2.12. The van der Waals surface area contributed by atoms with Crippen molar-refractivity contribution in [3.63, 3.8) is 0 Å². The fraction of sp³-hybridized carbons (Fsp3) is 0.467. The van der Waals surface area contributed by atoms with Crippen molar-refractivity contribution in [1.29, 1.82) is 0 Å². The summed E-state index contributed by atoms with van der Waals surface area (Å²) in [6, 6.07) is 8.25. The van der Waals surface area contributed by atoms with Crippen LogP contribution in [-0.4, -0.2) is 17.3 Å². The van der Waals surface area contributed by atoms with E-state index in [0.717, 1.165) is 17.2 Å². The molecule has 0 bridgehead atoms. The molecule has 0 aliphatic rings. The lowest BCUT2D eigenvalue weighted by molar-refractivity contribution is 0.0485. The van der Waals surface area contributed by atoms with Crippen molar-refractivity contribution < 1.29 is 5.11 Å². The molecule has 0 amide bonds. The maximum absolute atomic E-state index is 10.3. The number of hydrogen-bond donors (Lipinski definition) is 2. The highest BCUT2D eigenvalue weighted by Crippen LogP contribution is 2.33. The van der Waals surface area contributed by atoms with Gasteiger partial charge in [0.15, 0.2) is 0 Å². The van der Waals surface area contributed by atoms with Gasteiger partial charge in [0.05, 0.1) is 16.0 Å². The number of aliphatic hydroxyl groups is 1. The summed E-state index contributed by atoms with van der Waals surface area (Å²) >= 11 is 9.35. The van der Waals surface area contributed by atoms with E-state index in [4.69, 9.17) is 11.6 Å². The van der Waals surface area contributed by atoms with Crippen LogP contribution in [0.2, 0.25) is 4.34 Å². The van der Waals surface area contributed by atoms with Crippen LogP contribution in [-0.2, 0) is 0 Å². The minimum atomic E-state index is -0.675. The molecule has 0 spiro atoms. The average Bonchev–Trinajstić information content (AvgIpc) is 3.01. The van der Waals surface area contributed by atoms with Crippen molar-refractivity contribution in [2.75, 3.05) is 6.54 Å². The minimum absolute atomic E-state index is 0.107. The first kappa shape index (κ1) is 16.0. The summed E-state index contributed by atoms with van der Waals surface area (Å²) < 4.78 is 0.795. The third-order valence-corrected chi connectivity index (χ3v) is 5.41. The highest BCUT2D eigenvalue weighted by Gasteiger charge is 2.23. The van der Waals surface area contributed by atoms with Crippen LogP contribution in [0.15, 0.2) is 29.6 Å². The second kappa shape index (κ2) is 7.05. The van der Waals surface area contributed by atoms with E-state index in [2.05, 4.69) is 29.8 Å². The SMILES string of the molecule is CCCC(C)(O)CNC(c1cccs1)c1ccc(Cl)s1. The zero-order valence-corrected chi connectivity index (χ0v) is 14.1. The van der Waals surface area contributed by atoms with Gasteiger partial charge in [0, 0.05) is 16.3 Å². The maximum atomic E-state index is 10.3. The molecule has 2 nitrogen and oxygen atoms in total. The molecule has 0 aliphatic carbocycles. The lowest BCUT2D eigenvalue weighted by Gasteiger charge is -2.26. The van der Waals surface area contributed by atoms with Gasteiger partial charge >= 0.3 is 0 Å². The van der Waals surface area contributed by atoms with Crippen LogP contribution in [0.25, 0.3) is 0 Å². The van der Waals surface area contributed by atoms with Gasteiger partial charge in [0.2, 0.25) is 0 Å². The average molecular weight is 330 g/mol. The minimum Gasteiger partial charge on any atom is -0.389 e. The molecular weight excluding hydrogens is 310 g/mol. The van der Waals surface area contributed by atoms with Gasteiger partial charge < -0.3 is 10.4 Å². The lowest BCUT2D eigenvalue weighted by Crippen LogP contribution is -2.39. The van der Waals surface area contributed by atoms with Gasteiger partial charge in [-0.3, -0.25) is 0 Å². The Bertz CT molecular complexity index is 522. The number of halogens is 1. The van der Waals surface area contributed by atoms with Crippen molar-refractivity contribution in [3.8, 4) is 0 Å². The quantitative estimate of drug-likeness (QED) is 0.772. The van der Waals surface area contributed by atoms with E-state index in [0.29, 0.717) is 6.54 Å². The van der Waals surface area contributed by atoms with Gasteiger partial charge in [-0.25, -0.2) is 0 Å². The lowest BCUT2D eigenvalue weighted by atomic mass is 10.00. The van der Waals surface area contributed by atoms with Crippen molar-refractivity contribution in [3.05, 3.63) is 43.7 Å². The topological polar surface area (TPSA) is 32.3 Å². The van der Waals surface area contributed by atoms with E-state index in [1.165, 1.54) is 9.75 Å². The first-order valence-corrected chi connectivity index (χ1v) is 8.83. The molecule has 20 heavy (non-hydrogen) atoms. The highest BCUT2D eigenvalue weighted by molar-refractivity contribution is 7.16. The monoisotopic (exact) mass is 329 g/mol. The van der Waals surface area contributed by atoms with Crippen LogP contribution in [0.1, 0.15) is 42.5 Å². The largest absolute Gasteiger partial charge is 0.389 e. The Morgan fingerprint density at radius 2 is 2.15 bits per heavy atom. The Kier molecular flexibility index (Phi) is 5.64. The van der Waals surface area contributed by atoms with E-state index < -0.39 is 5.60 Å². The van der Waals surface area contributed by atoms with E-state index >= 15 is 0 Å². The van der Waals surface area contributed by atoms with E-state index in [1.807, 2.05) is 19.1 Å². The molecule has 0 aliphatic heterocycles. The van der Waals surface area contributed by atoms with Gasteiger partial charge in [0.1, 0.15) is 0 Å². The summed E-state index contributed by atoms with van der Waals surface area (Å²) in [7, 11) is 0. The standard InChI is InChI=1S/C15H20ClNOS2/c1-3-8-15(2,18)10-17-14(11-5-4-9-19-11)12-6-7-13(16)20-12/h4-7,9,14,17-18H,3,8,10H2,1-2H3. The molecule has 2 unspecified atom stereocenters. The third kappa shape index (κ3) is 4.30. The van der Waals surface area contributed by atoms with Crippen LogP contribution in [0.4, 0.5) is 0 Å². The van der Waals surface area contributed by atoms with Crippen LogP contribution in [0.3, 0.4) is 0 Å². The van der Waals surface area contributed by atoms with Crippen molar-refractivity contribution in [2.24, 2.45) is 0 Å². The second-order valence-corrected chi connectivity index (χ2v) is 7.94. The molecule has 0 fully saturated rings. The molecule has 5 heteroatoms. The first-order chi connectivity index (χ1) is 9.52. The third-order valence-electron chi connectivity index (χ3n) is 3.18. The van der Waals surface area contributed by atoms with E-state index in [9.17, 15) is 5.11 Å². The summed E-state index contributed by atoms with van der Waals surface area (Å²) in [4.78, 5) is 2.43. The smallest absolute Gasteiger partial charge is 0.0931 e. The van der Waals surface area contributed by atoms with E-state index in [-0.39, 0.29) is 6.04 Å². The Labute approximate surface area is 133 Å². The molecule has 0 saturated carbocycles. The summed E-state index contributed by atoms with van der Waals surface area (Å²) in [5, 5.41) is 15.9. The Morgan fingerprint density at radius 3 is 2.70 bits per heavy atom. The zero-order valence-electron chi connectivity index (χ0n) is 11.7. The zero-order chi connectivity index (χ0) is 14.6. The Hall–Kier alpha value is -0.390. The molecule has 0 aromatic carbocycles. The van der Waals surface area contributed by atoms with Gasteiger partial charge in [-0.15, -0.1) is 22.7 Å². The fourth-order valence-corrected chi connectivity index (χ4v) is 4.28. The number of thiophene rings is 2. The van der Waals surface area contributed by atoms with Crippen molar-refractivity contribution in [1.82, 2.24) is 5.32 Å². The normalized spacial score (nSPS) is 16.0. The predicted molar refractivity (Wildman–Crippen MR) is 89.0 cm³/mol. The predicted octanol–water partition coefficient (Wildman–Crippen LogP) is 4.69. The van der Waals surface area contributed by atoms with Gasteiger partial charge in [-0.05, 0) is 36.9 Å².